The summed E-state index contributed by atoms with van der Waals surface area (Å²) in [5.41, 5.74) is -0.119. The minimum absolute atomic E-state index is 0.0847. The first kappa shape index (κ1) is 22.3. The zero-order valence-electron chi connectivity index (χ0n) is 16.1. The number of likely N-dealkylation sites (N-methyl/N-ethyl adjacent to an activating group) is 1. The molecule has 0 aliphatic heterocycles. The summed E-state index contributed by atoms with van der Waals surface area (Å²) < 4.78 is 40.1. The van der Waals surface area contributed by atoms with Crippen molar-refractivity contribution < 1.29 is 23.0 Å². The van der Waals surface area contributed by atoms with Crippen LogP contribution in [-0.2, 0) is 15.5 Å². The van der Waals surface area contributed by atoms with Gasteiger partial charge >= 0.3 is 0 Å². The van der Waals surface area contributed by atoms with Crippen LogP contribution in [0.1, 0.15) is 25.3 Å². The minimum atomic E-state index is -3.11. The maximum Gasteiger partial charge on any atom is 0.285 e. The van der Waals surface area contributed by atoms with Crippen molar-refractivity contribution in [2.75, 3.05) is 54.1 Å². The van der Waals surface area contributed by atoms with Crippen LogP contribution in [0.4, 0.5) is 8.78 Å². The average Bonchev–Trinajstić information content (AvgIpc) is 2.59. The van der Waals surface area contributed by atoms with E-state index >= 15 is 0 Å². The minimum Gasteiger partial charge on any atom is -0.494 e. The van der Waals surface area contributed by atoms with Crippen LogP contribution in [-0.4, -0.2) is 69.8 Å². The number of unbranched alkanes of at least 4 members (excludes halogenated alkanes) is 1. The molecule has 0 aliphatic rings. The Labute approximate surface area is 154 Å². The molecule has 148 valence electrons. The predicted octanol–water partition coefficient (Wildman–Crippen LogP) is 2.99. The van der Waals surface area contributed by atoms with Crippen molar-refractivity contribution >= 4 is 5.91 Å². The van der Waals surface area contributed by atoms with Gasteiger partial charge in [0.1, 0.15) is 5.75 Å². The number of carbonyl (C=O) groups excluding carboxylic acids is 1. The highest BCUT2D eigenvalue weighted by Crippen LogP contribution is 2.31. The molecule has 1 aromatic carbocycles. The van der Waals surface area contributed by atoms with Crippen molar-refractivity contribution in [2.24, 2.45) is 0 Å². The lowest BCUT2D eigenvalue weighted by Gasteiger charge is -2.28. The SMILES string of the molecule is CCCCOc1cccc(C(F)(F)CN(CCOC)CC(=O)N(C)C)c1. The van der Waals surface area contributed by atoms with E-state index in [1.165, 1.54) is 29.0 Å². The highest BCUT2D eigenvalue weighted by Gasteiger charge is 2.35. The lowest BCUT2D eigenvalue weighted by atomic mass is 10.1. The second-order valence-corrected chi connectivity index (χ2v) is 6.43. The second-order valence-electron chi connectivity index (χ2n) is 6.43. The number of alkyl halides is 2. The molecule has 5 nitrogen and oxygen atoms in total. The van der Waals surface area contributed by atoms with Crippen molar-refractivity contribution in [3.8, 4) is 5.75 Å². The van der Waals surface area contributed by atoms with Crippen molar-refractivity contribution in [1.29, 1.82) is 0 Å². The average molecular weight is 372 g/mol. The van der Waals surface area contributed by atoms with Gasteiger partial charge in [0.2, 0.25) is 5.91 Å². The summed E-state index contributed by atoms with van der Waals surface area (Å²) in [6.07, 6.45) is 1.85. The third-order valence-electron chi connectivity index (χ3n) is 3.91. The third kappa shape index (κ3) is 7.66. The Morgan fingerprint density at radius 3 is 2.58 bits per heavy atom. The molecule has 0 radical (unpaired) electrons. The van der Waals surface area contributed by atoms with Gasteiger partial charge in [-0.15, -0.1) is 0 Å². The molecule has 0 heterocycles. The Morgan fingerprint density at radius 2 is 1.96 bits per heavy atom. The molecule has 1 rings (SSSR count). The standard InChI is InChI=1S/C19H30F2N2O3/c1-5-6-11-26-17-9-7-8-16(13-17)19(20,21)15-23(10-12-25-4)14-18(24)22(2)3/h7-9,13H,5-6,10-12,14-15H2,1-4H3. The molecule has 0 atom stereocenters. The number of hydrogen-bond acceptors (Lipinski definition) is 4. The molecular weight excluding hydrogens is 342 g/mol. The number of benzene rings is 1. The zero-order valence-corrected chi connectivity index (χ0v) is 16.1. The van der Waals surface area contributed by atoms with Gasteiger partial charge in [-0.1, -0.05) is 25.5 Å². The lowest BCUT2D eigenvalue weighted by molar-refractivity contribution is -0.131. The molecule has 7 heteroatoms. The topological polar surface area (TPSA) is 42.0 Å². The van der Waals surface area contributed by atoms with Crippen LogP contribution < -0.4 is 4.74 Å². The number of rotatable bonds is 12. The van der Waals surface area contributed by atoms with E-state index in [0.717, 1.165) is 12.8 Å². The van der Waals surface area contributed by atoms with Crippen LogP contribution in [0.5, 0.6) is 5.75 Å². The summed E-state index contributed by atoms with van der Waals surface area (Å²) in [6, 6.07) is 6.00. The summed E-state index contributed by atoms with van der Waals surface area (Å²) in [4.78, 5) is 14.7. The fraction of sp³-hybridized carbons (Fsp3) is 0.632. The first-order chi connectivity index (χ1) is 12.3. The number of methoxy groups -OCH3 is 1. The maximum atomic E-state index is 14.8. The van der Waals surface area contributed by atoms with Crippen LogP contribution in [0.15, 0.2) is 24.3 Å². The summed E-state index contributed by atoms with van der Waals surface area (Å²) >= 11 is 0. The van der Waals surface area contributed by atoms with Gasteiger partial charge in [-0.05, 0) is 18.6 Å². The second kappa shape index (κ2) is 11.1. The van der Waals surface area contributed by atoms with Crippen molar-refractivity contribution in [2.45, 2.75) is 25.7 Å². The van der Waals surface area contributed by atoms with Gasteiger partial charge in [-0.2, -0.15) is 8.78 Å². The van der Waals surface area contributed by atoms with Gasteiger partial charge in [0.15, 0.2) is 0 Å². The summed E-state index contributed by atoms with van der Waals surface area (Å²) in [5.74, 6) is -2.90. The Balaban J connectivity index is 2.84. The molecule has 0 spiro atoms. The predicted molar refractivity (Wildman–Crippen MR) is 97.7 cm³/mol. The van der Waals surface area contributed by atoms with Gasteiger partial charge < -0.3 is 14.4 Å². The number of hydrogen-bond donors (Lipinski definition) is 0. The molecular formula is C19H30F2N2O3. The van der Waals surface area contributed by atoms with Crippen molar-refractivity contribution in [3.05, 3.63) is 29.8 Å². The fourth-order valence-electron chi connectivity index (χ4n) is 2.29. The Morgan fingerprint density at radius 1 is 1.23 bits per heavy atom. The molecule has 0 saturated carbocycles. The number of amides is 1. The third-order valence-corrected chi connectivity index (χ3v) is 3.91. The normalized spacial score (nSPS) is 11.7. The van der Waals surface area contributed by atoms with E-state index in [-0.39, 0.29) is 31.2 Å². The summed E-state index contributed by atoms with van der Waals surface area (Å²) in [5, 5.41) is 0. The molecule has 0 aliphatic carbocycles. The lowest BCUT2D eigenvalue weighted by Crippen LogP contribution is -2.43. The van der Waals surface area contributed by atoms with Crippen molar-refractivity contribution in [3.63, 3.8) is 0 Å². The highest BCUT2D eigenvalue weighted by molar-refractivity contribution is 5.77. The molecule has 0 N–H and O–H groups in total. The largest absolute Gasteiger partial charge is 0.494 e. The van der Waals surface area contributed by atoms with Gasteiger partial charge in [0.05, 0.1) is 26.3 Å². The highest BCUT2D eigenvalue weighted by atomic mass is 19.3. The molecule has 0 aromatic heterocycles. The Kier molecular flexibility index (Phi) is 9.51. The van der Waals surface area contributed by atoms with E-state index in [4.69, 9.17) is 9.47 Å². The van der Waals surface area contributed by atoms with Crippen molar-refractivity contribution in [1.82, 2.24) is 9.80 Å². The van der Waals surface area contributed by atoms with E-state index in [9.17, 15) is 13.6 Å². The molecule has 1 aromatic rings. The Hall–Kier alpha value is -1.73. The van der Waals surface area contributed by atoms with Gasteiger partial charge in [-0.3, -0.25) is 9.69 Å². The number of nitrogens with zero attached hydrogens (tertiary/aromatic N) is 2. The Bertz CT molecular complexity index is 553. The molecule has 26 heavy (non-hydrogen) atoms. The summed E-state index contributed by atoms with van der Waals surface area (Å²) in [6.45, 7) is 2.42. The number of ether oxygens (including phenoxy) is 2. The van der Waals surface area contributed by atoms with Gasteiger partial charge in [-0.25, -0.2) is 0 Å². The molecule has 0 bridgehead atoms. The molecule has 1 amide bonds. The molecule has 0 fully saturated rings. The zero-order chi connectivity index (χ0) is 19.6. The molecule has 0 saturated heterocycles. The molecule has 0 unspecified atom stereocenters. The van der Waals surface area contributed by atoms with Crippen LogP contribution in [0.25, 0.3) is 0 Å². The maximum absolute atomic E-state index is 14.8. The smallest absolute Gasteiger partial charge is 0.285 e. The van der Waals surface area contributed by atoms with E-state index < -0.39 is 12.5 Å². The van der Waals surface area contributed by atoms with Gasteiger partial charge in [0, 0.05) is 33.3 Å². The van der Waals surface area contributed by atoms with Crippen LogP contribution in [0.3, 0.4) is 0 Å². The van der Waals surface area contributed by atoms with E-state index in [2.05, 4.69) is 0 Å². The monoisotopic (exact) mass is 372 g/mol. The number of carbonyl (C=O) groups is 1. The van der Waals surface area contributed by atoms with Crippen LogP contribution in [0, 0.1) is 0 Å². The van der Waals surface area contributed by atoms with E-state index in [1.54, 1.807) is 26.2 Å². The summed E-state index contributed by atoms with van der Waals surface area (Å²) in [7, 11) is 4.71. The van der Waals surface area contributed by atoms with Crippen LogP contribution in [0.2, 0.25) is 0 Å². The van der Waals surface area contributed by atoms with E-state index in [1.807, 2.05) is 6.92 Å². The first-order valence-electron chi connectivity index (χ1n) is 8.82. The van der Waals surface area contributed by atoms with Gasteiger partial charge in [0.25, 0.3) is 5.92 Å². The van der Waals surface area contributed by atoms with Crippen LogP contribution >= 0.6 is 0 Å². The fourth-order valence-corrected chi connectivity index (χ4v) is 2.29. The first-order valence-corrected chi connectivity index (χ1v) is 8.82. The van der Waals surface area contributed by atoms with E-state index in [0.29, 0.717) is 12.4 Å². The quantitative estimate of drug-likeness (QED) is 0.529. The number of halogens is 2.